The van der Waals surface area contributed by atoms with E-state index in [1.165, 1.54) is 4.90 Å². The van der Waals surface area contributed by atoms with Gasteiger partial charge in [0.15, 0.2) is 6.17 Å². The summed E-state index contributed by atoms with van der Waals surface area (Å²) in [6, 6.07) is 3.12. The summed E-state index contributed by atoms with van der Waals surface area (Å²) < 4.78 is 0. The third-order valence-electron chi connectivity index (χ3n) is 5.76. The van der Waals surface area contributed by atoms with E-state index in [9.17, 15) is 9.59 Å². The number of nitrogens with zero attached hydrogens (tertiary/aromatic N) is 4. The van der Waals surface area contributed by atoms with Crippen molar-refractivity contribution < 1.29 is 9.59 Å². The normalized spacial score (nSPS) is 27.4. The Morgan fingerprint density at radius 3 is 2.52 bits per heavy atom. The number of aliphatic imine (C=N–C) groups is 1. The first-order chi connectivity index (χ1) is 13.1. The Morgan fingerprint density at radius 1 is 1.15 bits per heavy atom. The van der Waals surface area contributed by atoms with Crippen LogP contribution in [0.25, 0.3) is 0 Å². The summed E-state index contributed by atoms with van der Waals surface area (Å²) in [7, 11) is 1.82. The molecule has 2 saturated carbocycles. The Bertz CT molecular complexity index is 799. The van der Waals surface area contributed by atoms with E-state index in [2.05, 4.69) is 15.6 Å². The molecule has 3 fully saturated rings. The minimum atomic E-state index is -0.501. The van der Waals surface area contributed by atoms with E-state index in [0.29, 0.717) is 30.8 Å². The zero-order valence-electron chi connectivity index (χ0n) is 15.4. The van der Waals surface area contributed by atoms with Crippen LogP contribution in [0.15, 0.2) is 23.3 Å². The van der Waals surface area contributed by atoms with Crippen molar-refractivity contribution in [3.8, 4) is 0 Å². The van der Waals surface area contributed by atoms with Crippen LogP contribution in [0.5, 0.6) is 0 Å². The smallest absolute Gasteiger partial charge is 0.328 e. The lowest BCUT2D eigenvalue weighted by Gasteiger charge is -2.40. The van der Waals surface area contributed by atoms with Crippen molar-refractivity contribution in [1.82, 2.24) is 20.1 Å². The molecular formula is C19H24N6O2. The SMILES string of the molecule is CNc1ccc(C2=NC3C(N2)C(=O)N(CC2CC2)C(=O)N3CC2CC2)cn1. The molecule has 2 aliphatic carbocycles. The van der Waals surface area contributed by atoms with Crippen molar-refractivity contribution in [2.75, 3.05) is 25.5 Å². The summed E-state index contributed by atoms with van der Waals surface area (Å²) in [5.74, 6) is 2.27. The molecule has 1 aromatic rings. The number of carbonyl (C=O) groups is 2. The summed E-state index contributed by atoms with van der Waals surface area (Å²) in [4.78, 5) is 38.4. The molecule has 0 spiro atoms. The number of imide groups is 1. The third-order valence-corrected chi connectivity index (χ3v) is 5.76. The summed E-state index contributed by atoms with van der Waals surface area (Å²) in [6.45, 7) is 1.22. The molecule has 4 aliphatic rings. The van der Waals surface area contributed by atoms with E-state index < -0.39 is 12.2 Å². The first-order valence-corrected chi connectivity index (χ1v) is 9.74. The van der Waals surface area contributed by atoms with Gasteiger partial charge in [-0.1, -0.05) is 0 Å². The summed E-state index contributed by atoms with van der Waals surface area (Å²) in [5.41, 5.74) is 0.823. The van der Waals surface area contributed by atoms with Gasteiger partial charge >= 0.3 is 6.03 Å². The number of urea groups is 1. The van der Waals surface area contributed by atoms with Gasteiger partial charge in [0.2, 0.25) is 0 Å². The molecule has 2 unspecified atom stereocenters. The maximum atomic E-state index is 13.0. The molecular weight excluding hydrogens is 344 g/mol. The number of nitrogens with one attached hydrogen (secondary N) is 2. The van der Waals surface area contributed by atoms with Crippen molar-refractivity contribution in [3.63, 3.8) is 0 Å². The third kappa shape index (κ3) is 3.02. The number of amidine groups is 1. The number of rotatable bonds is 6. The fraction of sp³-hybridized carbons (Fsp3) is 0.579. The van der Waals surface area contributed by atoms with Crippen LogP contribution in [0.4, 0.5) is 10.6 Å². The van der Waals surface area contributed by atoms with Crippen LogP contribution in [-0.2, 0) is 4.79 Å². The lowest BCUT2D eigenvalue weighted by atomic mass is 10.1. The topological polar surface area (TPSA) is 89.9 Å². The number of hydrogen-bond donors (Lipinski definition) is 2. The Balaban J connectivity index is 1.43. The second-order valence-electron chi connectivity index (χ2n) is 7.97. The number of anilines is 1. The second kappa shape index (κ2) is 6.21. The van der Waals surface area contributed by atoms with Crippen molar-refractivity contribution in [2.45, 2.75) is 37.9 Å². The molecule has 0 aromatic carbocycles. The molecule has 5 rings (SSSR count). The number of pyridine rings is 1. The van der Waals surface area contributed by atoms with E-state index in [1.807, 2.05) is 24.1 Å². The first-order valence-electron chi connectivity index (χ1n) is 9.74. The molecule has 1 saturated heterocycles. The van der Waals surface area contributed by atoms with Crippen molar-refractivity contribution in [3.05, 3.63) is 23.9 Å². The predicted octanol–water partition coefficient (Wildman–Crippen LogP) is 1.25. The molecule has 8 nitrogen and oxygen atoms in total. The fourth-order valence-corrected chi connectivity index (χ4v) is 3.77. The Morgan fingerprint density at radius 2 is 1.89 bits per heavy atom. The van der Waals surface area contributed by atoms with Gasteiger partial charge in [-0.05, 0) is 49.7 Å². The highest BCUT2D eigenvalue weighted by Crippen LogP contribution is 2.36. The molecule has 142 valence electrons. The van der Waals surface area contributed by atoms with Crippen LogP contribution < -0.4 is 10.6 Å². The van der Waals surface area contributed by atoms with E-state index in [4.69, 9.17) is 4.99 Å². The van der Waals surface area contributed by atoms with Crippen molar-refractivity contribution in [2.24, 2.45) is 16.8 Å². The largest absolute Gasteiger partial charge is 0.373 e. The Hall–Kier alpha value is -2.64. The van der Waals surface area contributed by atoms with Crippen molar-refractivity contribution >= 4 is 23.6 Å². The highest BCUT2D eigenvalue weighted by molar-refractivity contribution is 6.08. The van der Waals surface area contributed by atoms with Gasteiger partial charge < -0.3 is 10.6 Å². The standard InChI is InChI=1S/C19H24N6O2/c1-20-14-7-6-13(8-21-14)16-22-15-17(23-16)24(9-11-2-3-11)19(27)25(18(15)26)10-12-4-5-12/h6-8,11-12,15,17H,2-5,9-10H2,1H3,(H,20,21)(H,22,23). The zero-order chi connectivity index (χ0) is 18.5. The number of fused-ring (bicyclic) bond motifs is 1. The van der Waals surface area contributed by atoms with Gasteiger partial charge in [0.1, 0.15) is 17.7 Å². The molecule has 27 heavy (non-hydrogen) atoms. The number of hydrogen-bond acceptors (Lipinski definition) is 6. The van der Waals surface area contributed by atoms with Crippen LogP contribution in [0.3, 0.4) is 0 Å². The molecule has 0 bridgehead atoms. The first kappa shape index (κ1) is 16.5. The average Bonchev–Trinajstić information content (AvgIpc) is 3.62. The maximum Gasteiger partial charge on any atom is 0.328 e. The summed E-state index contributed by atoms with van der Waals surface area (Å²) in [6.07, 6.45) is 5.78. The summed E-state index contributed by atoms with van der Waals surface area (Å²) in [5, 5.41) is 6.26. The quantitative estimate of drug-likeness (QED) is 0.789. The lowest BCUT2D eigenvalue weighted by molar-refractivity contribution is -0.135. The van der Waals surface area contributed by atoms with Crippen LogP contribution in [0, 0.1) is 11.8 Å². The molecule has 8 heteroatoms. The van der Waals surface area contributed by atoms with Crippen LogP contribution in [-0.4, -0.2) is 64.9 Å². The minimum absolute atomic E-state index is 0.150. The van der Waals surface area contributed by atoms with Gasteiger partial charge in [-0.2, -0.15) is 0 Å². The Kier molecular flexibility index (Phi) is 3.80. The van der Waals surface area contributed by atoms with E-state index in [0.717, 1.165) is 37.1 Å². The number of aromatic nitrogens is 1. The van der Waals surface area contributed by atoms with Gasteiger partial charge in [0, 0.05) is 31.9 Å². The monoisotopic (exact) mass is 368 g/mol. The van der Waals surface area contributed by atoms with Gasteiger partial charge in [-0.15, -0.1) is 0 Å². The molecule has 2 aliphatic heterocycles. The number of carbonyl (C=O) groups excluding carboxylic acids is 2. The van der Waals surface area contributed by atoms with Crippen LogP contribution in [0.1, 0.15) is 31.2 Å². The average molecular weight is 368 g/mol. The molecule has 1 aromatic heterocycles. The molecule has 3 heterocycles. The minimum Gasteiger partial charge on any atom is -0.373 e. The van der Waals surface area contributed by atoms with Gasteiger partial charge in [-0.3, -0.25) is 14.6 Å². The van der Waals surface area contributed by atoms with Gasteiger partial charge in [0.05, 0.1) is 0 Å². The molecule has 0 radical (unpaired) electrons. The Labute approximate surface area is 158 Å². The van der Waals surface area contributed by atoms with Gasteiger partial charge in [0.25, 0.3) is 5.91 Å². The molecule has 3 amide bonds. The van der Waals surface area contributed by atoms with Crippen LogP contribution in [0.2, 0.25) is 0 Å². The second-order valence-corrected chi connectivity index (χ2v) is 7.97. The van der Waals surface area contributed by atoms with Gasteiger partial charge in [-0.25, -0.2) is 14.8 Å². The van der Waals surface area contributed by atoms with Crippen LogP contribution >= 0.6 is 0 Å². The fourth-order valence-electron chi connectivity index (χ4n) is 3.77. The molecule has 2 atom stereocenters. The lowest BCUT2D eigenvalue weighted by Crippen LogP contribution is -2.66. The van der Waals surface area contributed by atoms with E-state index in [1.54, 1.807) is 6.20 Å². The predicted molar refractivity (Wildman–Crippen MR) is 100 cm³/mol. The highest BCUT2D eigenvalue weighted by atomic mass is 16.2. The van der Waals surface area contributed by atoms with E-state index in [-0.39, 0.29) is 11.9 Å². The maximum absolute atomic E-state index is 13.0. The van der Waals surface area contributed by atoms with E-state index >= 15 is 0 Å². The zero-order valence-corrected chi connectivity index (χ0v) is 15.4. The van der Waals surface area contributed by atoms with Crippen molar-refractivity contribution in [1.29, 1.82) is 0 Å². The molecule has 2 N–H and O–H groups in total. The summed E-state index contributed by atoms with van der Waals surface area (Å²) >= 11 is 0. The highest BCUT2D eigenvalue weighted by Gasteiger charge is 2.51. The number of amides is 3.